The lowest BCUT2D eigenvalue weighted by molar-refractivity contribution is -0.122. The number of hydrogen-bond acceptors (Lipinski definition) is 7. The van der Waals surface area contributed by atoms with Crippen LogP contribution in [0.4, 0.5) is 14.7 Å². The fourth-order valence-electron chi connectivity index (χ4n) is 4.98. The minimum absolute atomic E-state index is 0.195. The molecule has 1 saturated heterocycles. The van der Waals surface area contributed by atoms with E-state index in [1.54, 1.807) is 18.2 Å². The molecule has 3 heterocycles. The van der Waals surface area contributed by atoms with Gasteiger partial charge in [-0.15, -0.1) is 0 Å². The second-order valence-electron chi connectivity index (χ2n) is 10.3. The third-order valence-electron chi connectivity index (χ3n) is 7.21. The number of aliphatic hydroxyl groups is 1. The maximum absolute atomic E-state index is 13.8. The maximum atomic E-state index is 13.8. The summed E-state index contributed by atoms with van der Waals surface area (Å²) < 4.78 is 32.9. The SMILES string of the molecule is CC(F)(F)c1cccc([C@@H](CO)NC(=O)CN2Cc3ccc(-c4nc(NC5CCOCC5)ncc4Cl)cc3C2=O)c1. The Bertz CT molecular complexity index is 1440. The minimum atomic E-state index is -3.06. The second-order valence-corrected chi connectivity index (χ2v) is 10.7. The van der Waals surface area contributed by atoms with Crippen molar-refractivity contribution in [1.82, 2.24) is 20.2 Å². The van der Waals surface area contributed by atoms with E-state index in [2.05, 4.69) is 20.6 Å². The standard InChI is InChI=1S/C29H30ClF2N5O4/c1-29(31,32)20-4-2-3-17(11-20)24(16-38)35-25(39)15-37-14-19-6-5-18(12-22(19)27(37)40)26-23(30)13-33-28(36-26)34-21-7-9-41-10-8-21/h2-6,11-13,21,24,38H,7-10,14-16H2,1H3,(H,35,39)(H,33,34,36)/t24-/m1/s1. The lowest BCUT2D eigenvalue weighted by Gasteiger charge is -2.23. The molecule has 1 fully saturated rings. The molecule has 41 heavy (non-hydrogen) atoms. The summed E-state index contributed by atoms with van der Waals surface area (Å²) in [6, 6.07) is 10.2. The zero-order chi connectivity index (χ0) is 29.1. The summed E-state index contributed by atoms with van der Waals surface area (Å²) in [6.07, 6.45) is 3.21. The molecule has 1 aromatic heterocycles. The third-order valence-corrected chi connectivity index (χ3v) is 7.49. The molecule has 1 atom stereocenters. The smallest absolute Gasteiger partial charge is 0.270 e. The summed E-state index contributed by atoms with van der Waals surface area (Å²) in [5, 5.41) is 16.1. The number of anilines is 1. The molecule has 3 N–H and O–H groups in total. The number of benzene rings is 2. The van der Waals surface area contributed by atoms with Crippen LogP contribution in [-0.2, 0) is 22.0 Å². The Morgan fingerprint density at radius 3 is 2.76 bits per heavy atom. The molecular weight excluding hydrogens is 556 g/mol. The van der Waals surface area contributed by atoms with Crippen molar-refractivity contribution < 1.29 is 28.2 Å². The second kappa shape index (κ2) is 12.1. The molecular formula is C29H30ClF2N5O4. The van der Waals surface area contributed by atoms with Crippen LogP contribution in [0, 0.1) is 0 Å². The fraction of sp³-hybridized carbons (Fsp3) is 0.379. The van der Waals surface area contributed by atoms with Gasteiger partial charge in [0.2, 0.25) is 11.9 Å². The molecule has 216 valence electrons. The van der Waals surface area contributed by atoms with Crippen molar-refractivity contribution in [3.63, 3.8) is 0 Å². The molecule has 2 amide bonds. The first kappa shape index (κ1) is 28.8. The van der Waals surface area contributed by atoms with Crippen molar-refractivity contribution in [3.05, 3.63) is 75.9 Å². The Morgan fingerprint density at radius 1 is 1.24 bits per heavy atom. The number of carbonyl (C=O) groups excluding carboxylic acids is 2. The number of amides is 2. The lowest BCUT2D eigenvalue weighted by atomic mass is 10.0. The number of rotatable bonds is 9. The highest BCUT2D eigenvalue weighted by atomic mass is 35.5. The highest BCUT2D eigenvalue weighted by Crippen LogP contribution is 2.32. The summed E-state index contributed by atoms with van der Waals surface area (Å²) in [4.78, 5) is 36.3. The molecule has 0 aliphatic carbocycles. The van der Waals surface area contributed by atoms with E-state index in [4.69, 9.17) is 16.3 Å². The molecule has 0 saturated carbocycles. The number of aliphatic hydroxyl groups excluding tert-OH is 1. The van der Waals surface area contributed by atoms with Crippen molar-refractivity contribution in [2.75, 3.05) is 31.7 Å². The average molecular weight is 586 g/mol. The summed E-state index contributed by atoms with van der Waals surface area (Å²) in [7, 11) is 0. The molecule has 2 aliphatic rings. The van der Waals surface area contributed by atoms with Gasteiger partial charge < -0.3 is 25.4 Å². The normalized spacial score (nSPS) is 16.4. The zero-order valence-corrected chi connectivity index (χ0v) is 23.1. The minimum Gasteiger partial charge on any atom is -0.394 e. The van der Waals surface area contributed by atoms with Gasteiger partial charge >= 0.3 is 0 Å². The Morgan fingerprint density at radius 2 is 2.02 bits per heavy atom. The number of alkyl halides is 2. The van der Waals surface area contributed by atoms with E-state index in [0.717, 1.165) is 25.3 Å². The Kier molecular flexibility index (Phi) is 8.48. The first-order valence-corrected chi connectivity index (χ1v) is 13.7. The van der Waals surface area contributed by atoms with Gasteiger partial charge in [0.05, 0.1) is 29.6 Å². The van der Waals surface area contributed by atoms with E-state index in [1.807, 2.05) is 6.07 Å². The van der Waals surface area contributed by atoms with Crippen molar-refractivity contribution in [1.29, 1.82) is 0 Å². The van der Waals surface area contributed by atoms with Crippen molar-refractivity contribution in [3.8, 4) is 11.3 Å². The predicted molar refractivity (Wildman–Crippen MR) is 149 cm³/mol. The van der Waals surface area contributed by atoms with Crippen molar-refractivity contribution in [2.24, 2.45) is 0 Å². The van der Waals surface area contributed by atoms with Gasteiger partial charge in [0.25, 0.3) is 11.8 Å². The molecule has 0 radical (unpaired) electrons. The van der Waals surface area contributed by atoms with Crippen LogP contribution in [0.2, 0.25) is 5.02 Å². The fourth-order valence-corrected chi connectivity index (χ4v) is 5.18. The topological polar surface area (TPSA) is 117 Å². The maximum Gasteiger partial charge on any atom is 0.270 e. The van der Waals surface area contributed by atoms with Gasteiger partial charge in [-0.2, -0.15) is 0 Å². The Balaban J connectivity index is 1.27. The number of nitrogens with one attached hydrogen (secondary N) is 2. The molecule has 0 bridgehead atoms. The number of nitrogens with zero attached hydrogens (tertiary/aromatic N) is 3. The first-order chi connectivity index (χ1) is 19.6. The van der Waals surface area contributed by atoms with E-state index in [1.165, 1.54) is 29.3 Å². The van der Waals surface area contributed by atoms with Gasteiger partial charge in [-0.3, -0.25) is 9.59 Å². The van der Waals surface area contributed by atoms with Gasteiger partial charge in [-0.05, 0) is 36.1 Å². The summed E-state index contributed by atoms with van der Waals surface area (Å²) in [6.45, 7) is 1.58. The number of halogens is 3. The summed E-state index contributed by atoms with van der Waals surface area (Å²) in [5.41, 5.74) is 2.41. The van der Waals surface area contributed by atoms with Crippen LogP contribution in [-0.4, -0.2) is 64.2 Å². The number of fused-ring (bicyclic) bond motifs is 1. The predicted octanol–water partition coefficient (Wildman–Crippen LogP) is 4.31. The number of aromatic nitrogens is 2. The van der Waals surface area contributed by atoms with E-state index >= 15 is 0 Å². The number of ether oxygens (including phenoxy) is 1. The van der Waals surface area contributed by atoms with Crippen molar-refractivity contribution >= 4 is 29.4 Å². The third kappa shape index (κ3) is 6.64. The summed E-state index contributed by atoms with van der Waals surface area (Å²) in [5.74, 6) is -3.49. The number of hydrogen-bond donors (Lipinski definition) is 3. The molecule has 12 heteroatoms. The van der Waals surface area contributed by atoms with Crippen LogP contribution >= 0.6 is 11.6 Å². The average Bonchev–Trinajstić information content (AvgIpc) is 3.27. The number of carbonyl (C=O) groups is 2. The van der Waals surface area contributed by atoms with E-state index in [9.17, 15) is 23.5 Å². The molecule has 2 aromatic carbocycles. The largest absolute Gasteiger partial charge is 0.394 e. The van der Waals surface area contributed by atoms with Crippen LogP contribution in [0.3, 0.4) is 0 Å². The quantitative estimate of drug-likeness (QED) is 0.343. The lowest BCUT2D eigenvalue weighted by Crippen LogP contribution is -2.40. The first-order valence-electron chi connectivity index (χ1n) is 13.3. The highest BCUT2D eigenvalue weighted by molar-refractivity contribution is 6.33. The molecule has 5 rings (SSSR count). The van der Waals surface area contributed by atoms with Gasteiger partial charge in [0, 0.05) is 49.4 Å². The zero-order valence-electron chi connectivity index (χ0n) is 22.4. The van der Waals surface area contributed by atoms with Crippen LogP contribution in [0.5, 0.6) is 0 Å². The van der Waals surface area contributed by atoms with Gasteiger partial charge in [-0.25, -0.2) is 18.7 Å². The molecule has 3 aromatic rings. The van der Waals surface area contributed by atoms with Gasteiger partial charge in [-0.1, -0.05) is 41.9 Å². The van der Waals surface area contributed by atoms with Crippen LogP contribution < -0.4 is 10.6 Å². The van der Waals surface area contributed by atoms with E-state index in [-0.39, 0.29) is 30.6 Å². The highest BCUT2D eigenvalue weighted by Gasteiger charge is 2.31. The van der Waals surface area contributed by atoms with Crippen LogP contribution in [0.1, 0.15) is 52.9 Å². The Labute approximate surface area is 240 Å². The van der Waals surface area contributed by atoms with Gasteiger partial charge in [0.1, 0.15) is 6.54 Å². The van der Waals surface area contributed by atoms with E-state index in [0.29, 0.717) is 46.6 Å². The Hall–Kier alpha value is -3.67. The molecule has 0 spiro atoms. The molecule has 2 aliphatic heterocycles. The van der Waals surface area contributed by atoms with Crippen molar-refractivity contribution in [2.45, 2.75) is 44.3 Å². The molecule has 0 unspecified atom stereocenters. The van der Waals surface area contributed by atoms with Crippen LogP contribution in [0.15, 0.2) is 48.7 Å². The summed E-state index contributed by atoms with van der Waals surface area (Å²) >= 11 is 6.42. The van der Waals surface area contributed by atoms with Crippen LogP contribution in [0.25, 0.3) is 11.3 Å². The monoisotopic (exact) mass is 585 g/mol. The van der Waals surface area contributed by atoms with Gasteiger partial charge in [0.15, 0.2) is 0 Å². The molecule has 9 nitrogen and oxygen atoms in total. The van der Waals surface area contributed by atoms with E-state index < -0.39 is 24.5 Å².